The highest BCUT2D eigenvalue weighted by atomic mass is 14.7. The molecule has 0 bridgehead atoms. The van der Waals surface area contributed by atoms with E-state index in [1.807, 2.05) is 0 Å². The van der Waals surface area contributed by atoms with Gasteiger partial charge in [-0.15, -0.1) is 0 Å². The lowest BCUT2D eigenvalue weighted by Gasteiger charge is -2.65. The first-order valence-electron chi connectivity index (χ1n) is 19.5. The second-order valence-electron chi connectivity index (χ2n) is 19.6. The van der Waals surface area contributed by atoms with E-state index in [0.29, 0.717) is 0 Å². The van der Waals surface area contributed by atoms with Gasteiger partial charge < -0.3 is 0 Å². The van der Waals surface area contributed by atoms with E-state index < -0.39 is 0 Å². The van der Waals surface area contributed by atoms with Crippen molar-refractivity contribution in [2.45, 2.75) is 95.9 Å². The van der Waals surface area contributed by atoms with Crippen LogP contribution in [-0.2, 0) is 0 Å². The summed E-state index contributed by atoms with van der Waals surface area (Å²) in [7, 11) is 0. The van der Waals surface area contributed by atoms with Crippen molar-refractivity contribution in [2.75, 3.05) is 0 Å². The Kier molecular flexibility index (Phi) is 9.66. The Morgan fingerprint density at radius 2 is 0.654 bits per heavy atom. The minimum Gasteiger partial charge on any atom is -0.0734 e. The number of allylic oxidation sites excluding steroid dienone is 2. The van der Waals surface area contributed by atoms with E-state index in [1.54, 1.807) is 0 Å². The Bertz CT molecular complexity index is 2030. The average molecular weight is 687 g/mol. The summed E-state index contributed by atoms with van der Waals surface area (Å²) in [6.45, 7) is 29.9. The molecule has 6 rings (SSSR count). The van der Waals surface area contributed by atoms with Gasteiger partial charge in [-0.1, -0.05) is 217 Å². The van der Waals surface area contributed by atoms with Gasteiger partial charge in [-0.25, -0.2) is 0 Å². The number of benzene rings is 5. The van der Waals surface area contributed by atoms with Crippen LogP contribution in [-0.4, -0.2) is 0 Å². The summed E-state index contributed by atoms with van der Waals surface area (Å²) >= 11 is 0. The highest BCUT2D eigenvalue weighted by Gasteiger charge is 2.61. The maximum absolute atomic E-state index is 2.76. The van der Waals surface area contributed by atoms with E-state index in [4.69, 9.17) is 0 Å². The monoisotopic (exact) mass is 686 g/mol. The summed E-state index contributed by atoms with van der Waals surface area (Å²) < 4.78 is 0. The molecule has 0 aromatic heterocycles. The molecule has 1 aliphatic carbocycles. The van der Waals surface area contributed by atoms with E-state index >= 15 is 0 Å². The summed E-state index contributed by atoms with van der Waals surface area (Å²) in [4.78, 5) is 0. The molecule has 0 nitrogen and oxygen atoms in total. The lowest BCUT2D eigenvalue weighted by atomic mass is 9.39. The van der Waals surface area contributed by atoms with Gasteiger partial charge in [0.05, 0.1) is 0 Å². The van der Waals surface area contributed by atoms with Crippen LogP contribution in [0.1, 0.15) is 101 Å². The largest absolute Gasteiger partial charge is 0.0734 e. The van der Waals surface area contributed by atoms with Gasteiger partial charge >= 0.3 is 0 Å². The molecule has 0 N–H and O–H groups in total. The van der Waals surface area contributed by atoms with Gasteiger partial charge in [0, 0.05) is 0 Å². The molecule has 0 radical (unpaired) electrons. The van der Waals surface area contributed by atoms with Gasteiger partial charge in [-0.3, -0.25) is 0 Å². The molecular weight excluding hydrogens is 625 g/mol. The molecule has 0 fully saturated rings. The van der Waals surface area contributed by atoms with Crippen molar-refractivity contribution in [2.24, 2.45) is 32.5 Å². The van der Waals surface area contributed by atoms with Crippen LogP contribution in [0.2, 0.25) is 0 Å². The maximum Gasteiger partial charge on any atom is -0.000946 e. The third-order valence-corrected chi connectivity index (χ3v) is 13.1. The summed E-state index contributed by atoms with van der Waals surface area (Å²) in [5.74, 6) is 0. The Morgan fingerprint density at radius 3 is 1.02 bits per heavy atom. The zero-order valence-electron chi connectivity index (χ0n) is 34.1. The summed E-state index contributed by atoms with van der Waals surface area (Å²) in [6.07, 6.45) is 4.97. The van der Waals surface area contributed by atoms with Crippen molar-refractivity contribution in [1.29, 1.82) is 0 Å². The van der Waals surface area contributed by atoms with Gasteiger partial charge in [0.2, 0.25) is 0 Å². The maximum atomic E-state index is 2.76. The molecule has 0 heteroatoms. The van der Waals surface area contributed by atoms with Gasteiger partial charge in [0.1, 0.15) is 0 Å². The van der Waals surface area contributed by atoms with Crippen LogP contribution in [0.15, 0.2) is 133 Å². The van der Waals surface area contributed by atoms with E-state index in [0.717, 1.165) is 12.8 Å². The minimum atomic E-state index is -0.0332. The lowest BCUT2D eigenvalue weighted by molar-refractivity contribution is -0.121. The molecule has 0 unspecified atom stereocenters. The Labute approximate surface area is 316 Å². The van der Waals surface area contributed by atoms with Gasteiger partial charge in [-0.05, 0) is 101 Å². The normalized spacial score (nSPS) is 16.3. The van der Waals surface area contributed by atoms with Crippen molar-refractivity contribution in [3.63, 3.8) is 0 Å². The molecule has 5 aromatic carbocycles. The molecule has 0 saturated heterocycles. The minimum absolute atomic E-state index is 0.0332. The van der Waals surface area contributed by atoms with Crippen molar-refractivity contribution < 1.29 is 0 Å². The fourth-order valence-corrected chi connectivity index (χ4v) is 10.2. The van der Waals surface area contributed by atoms with Crippen LogP contribution in [0.25, 0.3) is 50.1 Å². The summed E-state index contributed by atoms with van der Waals surface area (Å²) in [5.41, 5.74) is 13.3. The molecule has 1 aliphatic rings. The van der Waals surface area contributed by atoms with Crippen molar-refractivity contribution in [1.82, 2.24) is 0 Å². The molecule has 0 spiro atoms. The Morgan fingerprint density at radius 1 is 0.346 bits per heavy atom. The van der Waals surface area contributed by atoms with Crippen LogP contribution >= 0.6 is 0 Å². The molecule has 0 heterocycles. The zero-order valence-corrected chi connectivity index (χ0v) is 34.1. The first-order chi connectivity index (χ1) is 24.3. The molecule has 0 amide bonds. The highest BCUT2D eigenvalue weighted by Crippen LogP contribution is 2.70. The first-order valence-corrected chi connectivity index (χ1v) is 19.5. The Hall–Kier alpha value is -4.16. The second-order valence-corrected chi connectivity index (χ2v) is 19.6. The molecule has 0 atom stereocenters. The van der Waals surface area contributed by atoms with Crippen LogP contribution < -0.4 is 0 Å². The van der Waals surface area contributed by atoms with Gasteiger partial charge in [-0.2, -0.15) is 0 Å². The number of rotatable bonds is 5. The predicted octanol–water partition coefficient (Wildman–Crippen LogP) is 15.7. The average Bonchev–Trinajstić information content (AvgIpc) is 3.10. The molecule has 270 valence electrons. The highest BCUT2D eigenvalue weighted by molar-refractivity contribution is 5.97. The van der Waals surface area contributed by atoms with Crippen molar-refractivity contribution >= 4 is 5.57 Å². The quantitative estimate of drug-likeness (QED) is 0.173. The Balaban J connectivity index is 1.61. The summed E-state index contributed by atoms with van der Waals surface area (Å²) in [6, 6.07) is 47.0. The second kappa shape index (κ2) is 13.4. The van der Waals surface area contributed by atoms with Crippen molar-refractivity contribution in [3.05, 3.63) is 139 Å². The van der Waals surface area contributed by atoms with E-state index in [2.05, 4.69) is 217 Å². The number of hydrogen-bond donors (Lipinski definition) is 0. The molecule has 52 heavy (non-hydrogen) atoms. The molecule has 0 saturated carbocycles. The SMILES string of the molecule is CC(C)(C)C1(C(C)(C)C)C=C(c2ccccc2-c2ccccc2-c2ccccc2-c2ccccc2-c2ccccc2)CC(C(C)(C)C)(C(C)(C)C)C1. The van der Waals surface area contributed by atoms with Crippen molar-refractivity contribution in [3.8, 4) is 44.5 Å². The molecule has 0 aliphatic heterocycles. The first kappa shape index (κ1) is 37.6. The smallest absolute Gasteiger partial charge is 0.000946 e. The lowest BCUT2D eigenvalue weighted by Crippen LogP contribution is -2.57. The zero-order chi connectivity index (χ0) is 37.7. The van der Waals surface area contributed by atoms with E-state index in [9.17, 15) is 0 Å². The summed E-state index contributed by atoms with van der Waals surface area (Å²) in [5, 5.41) is 0. The van der Waals surface area contributed by atoms with Crippen LogP contribution in [0.3, 0.4) is 0 Å². The molecule has 5 aromatic rings. The van der Waals surface area contributed by atoms with Gasteiger partial charge in [0.15, 0.2) is 0 Å². The van der Waals surface area contributed by atoms with E-state index in [1.165, 1.54) is 55.6 Å². The predicted molar refractivity (Wildman–Crippen MR) is 228 cm³/mol. The van der Waals surface area contributed by atoms with E-state index in [-0.39, 0.29) is 32.5 Å². The third kappa shape index (κ3) is 6.42. The molecular formula is C52H62. The van der Waals surface area contributed by atoms with Crippen LogP contribution in [0.5, 0.6) is 0 Å². The standard InChI is InChI=1S/C52H62/c1-47(2,3)51(48(4,5)6)34-38(35-52(36-51,49(7,8)9)50(10,11)12)40-27-17-19-29-42(40)44-31-21-23-33-46(44)45-32-22-20-30-43(45)41-28-18-16-26-39(41)37-24-14-13-15-25-37/h13-34H,35-36H2,1-12H3. The van der Waals surface area contributed by atoms with Crippen LogP contribution in [0, 0.1) is 32.5 Å². The fraction of sp³-hybridized carbons (Fsp3) is 0.385. The fourth-order valence-electron chi connectivity index (χ4n) is 10.2. The van der Waals surface area contributed by atoms with Gasteiger partial charge in [0.25, 0.3) is 0 Å². The topological polar surface area (TPSA) is 0 Å². The van der Waals surface area contributed by atoms with Crippen LogP contribution in [0.4, 0.5) is 0 Å². The third-order valence-electron chi connectivity index (χ3n) is 13.1. The number of hydrogen-bond acceptors (Lipinski definition) is 0.